The van der Waals surface area contributed by atoms with Crippen LogP contribution >= 0.6 is 11.6 Å². The number of fused-ring (bicyclic) bond motifs is 1. The highest BCUT2D eigenvalue weighted by Gasteiger charge is 2.20. The van der Waals surface area contributed by atoms with Crippen molar-refractivity contribution in [1.29, 1.82) is 0 Å². The standard InChI is InChI=1S/C20H20ClN5O3/c1-20(2,3)29-19(27)24-15-10-16(21)25-18(17(15)26-28)23-11-12-6-7-14-13(9-12)5-4-8-22-14/h4-10H,11H2,1-3H3,(H2,23,24,25,27). The van der Waals surface area contributed by atoms with Gasteiger partial charge >= 0.3 is 6.09 Å². The van der Waals surface area contributed by atoms with Gasteiger partial charge in [0.2, 0.25) is 0 Å². The van der Waals surface area contributed by atoms with Crippen molar-refractivity contribution < 1.29 is 9.53 Å². The Balaban J connectivity index is 1.81. The molecule has 1 amide bonds. The molecule has 0 unspecified atom stereocenters. The average molecular weight is 414 g/mol. The predicted molar refractivity (Wildman–Crippen MR) is 114 cm³/mol. The molecule has 3 aromatic rings. The SMILES string of the molecule is CC(C)(C)OC(=O)Nc1cc(Cl)nc(NCc2ccc3ncccc3c2)c1N=O. The van der Waals surface area contributed by atoms with Gasteiger partial charge in [-0.2, -0.15) is 0 Å². The molecule has 0 radical (unpaired) electrons. The van der Waals surface area contributed by atoms with Crippen LogP contribution in [-0.4, -0.2) is 21.7 Å². The Morgan fingerprint density at radius 2 is 2.03 bits per heavy atom. The largest absolute Gasteiger partial charge is 0.444 e. The van der Waals surface area contributed by atoms with Crippen molar-refractivity contribution in [2.24, 2.45) is 5.18 Å². The Bertz CT molecular complexity index is 1070. The molecule has 2 heterocycles. The van der Waals surface area contributed by atoms with Crippen LogP contribution < -0.4 is 10.6 Å². The van der Waals surface area contributed by atoms with Crippen molar-refractivity contribution >= 4 is 45.8 Å². The molecule has 150 valence electrons. The molecule has 29 heavy (non-hydrogen) atoms. The van der Waals surface area contributed by atoms with E-state index in [1.165, 1.54) is 6.07 Å². The second-order valence-electron chi connectivity index (χ2n) is 7.29. The fourth-order valence-electron chi connectivity index (χ4n) is 2.65. The number of anilines is 2. The summed E-state index contributed by atoms with van der Waals surface area (Å²) in [6.45, 7) is 5.57. The van der Waals surface area contributed by atoms with E-state index in [9.17, 15) is 9.70 Å². The van der Waals surface area contributed by atoms with E-state index in [0.717, 1.165) is 16.5 Å². The van der Waals surface area contributed by atoms with Gasteiger partial charge in [-0.05, 0) is 49.7 Å². The van der Waals surface area contributed by atoms with Crippen LogP contribution in [0.15, 0.2) is 47.8 Å². The number of rotatable bonds is 5. The van der Waals surface area contributed by atoms with Crippen LogP contribution in [0.2, 0.25) is 5.15 Å². The average Bonchev–Trinajstić information content (AvgIpc) is 2.64. The number of hydrogen-bond donors (Lipinski definition) is 2. The zero-order valence-electron chi connectivity index (χ0n) is 16.2. The maximum Gasteiger partial charge on any atom is 0.412 e. The molecule has 0 atom stereocenters. The molecule has 0 aliphatic carbocycles. The molecule has 0 saturated heterocycles. The molecule has 0 bridgehead atoms. The first-order chi connectivity index (χ1) is 13.7. The molecule has 2 N–H and O–H groups in total. The lowest BCUT2D eigenvalue weighted by Gasteiger charge is -2.20. The maximum atomic E-state index is 12.1. The summed E-state index contributed by atoms with van der Waals surface area (Å²) in [6.07, 6.45) is 1.01. The number of carbonyl (C=O) groups is 1. The molecule has 0 saturated carbocycles. The van der Waals surface area contributed by atoms with Gasteiger partial charge in [-0.3, -0.25) is 10.3 Å². The van der Waals surface area contributed by atoms with Crippen LogP contribution in [0.1, 0.15) is 26.3 Å². The second-order valence-corrected chi connectivity index (χ2v) is 7.68. The van der Waals surface area contributed by atoms with Crippen LogP contribution in [0.4, 0.5) is 22.0 Å². The summed E-state index contributed by atoms with van der Waals surface area (Å²) in [4.78, 5) is 31.9. The Morgan fingerprint density at radius 1 is 1.24 bits per heavy atom. The number of amides is 1. The molecular formula is C20H20ClN5O3. The quantitative estimate of drug-likeness (QED) is 0.414. The van der Waals surface area contributed by atoms with E-state index in [1.54, 1.807) is 27.0 Å². The highest BCUT2D eigenvalue weighted by molar-refractivity contribution is 6.30. The highest BCUT2D eigenvalue weighted by atomic mass is 35.5. The van der Waals surface area contributed by atoms with Crippen LogP contribution in [0, 0.1) is 4.91 Å². The van der Waals surface area contributed by atoms with E-state index in [-0.39, 0.29) is 22.3 Å². The van der Waals surface area contributed by atoms with Crippen molar-refractivity contribution in [3.63, 3.8) is 0 Å². The Morgan fingerprint density at radius 3 is 2.76 bits per heavy atom. The Kier molecular flexibility index (Phi) is 5.93. The van der Waals surface area contributed by atoms with Gasteiger partial charge in [0, 0.05) is 24.2 Å². The van der Waals surface area contributed by atoms with Crippen molar-refractivity contribution in [3.05, 3.63) is 58.2 Å². The lowest BCUT2D eigenvalue weighted by molar-refractivity contribution is 0.0636. The number of benzene rings is 1. The third-order valence-electron chi connectivity index (χ3n) is 3.82. The minimum absolute atomic E-state index is 0.0669. The van der Waals surface area contributed by atoms with Gasteiger partial charge < -0.3 is 10.1 Å². The first-order valence-electron chi connectivity index (χ1n) is 8.86. The number of ether oxygens (including phenoxy) is 1. The number of nitrogens with one attached hydrogen (secondary N) is 2. The molecular weight excluding hydrogens is 394 g/mol. The fraction of sp³-hybridized carbons (Fsp3) is 0.250. The van der Waals surface area contributed by atoms with Crippen LogP contribution in [0.25, 0.3) is 10.9 Å². The van der Waals surface area contributed by atoms with Crippen molar-refractivity contribution in [1.82, 2.24) is 9.97 Å². The molecule has 2 aromatic heterocycles. The number of pyridine rings is 2. The normalized spacial score (nSPS) is 11.2. The molecule has 1 aromatic carbocycles. The van der Waals surface area contributed by atoms with Gasteiger partial charge in [-0.15, -0.1) is 4.91 Å². The van der Waals surface area contributed by atoms with E-state index in [1.807, 2.05) is 30.3 Å². The minimum atomic E-state index is -0.724. The zero-order valence-corrected chi connectivity index (χ0v) is 16.9. The summed E-state index contributed by atoms with van der Waals surface area (Å²) in [5.74, 6) is 0.157. The van der Waals surface area contributed by atoms with Crippen molar-refractivity contribution in [2.45, 2.75) is 32.9 Å². The molecule has 3 rings (SSSR count). The van der Waals surface area contributed by atoms with E-state index >= 15 is 0 Å². The lowest BCUT2D eigenvalue weighted by atomic mass is 10.1. The number of halogens is 1. The van der Waals surface area contributed by atoms with E-state index in [4.69, 9.17) is 16.3 Å². The monoisotopic (exact) mass is 413 g/mol. The molecule has 9 heteroatoms. The maximum absolute atomic E-state index is 12.1. The molecule has 8 nitrogen and oxygen atoms in total. The predicted octanol–water partition coefficient (Wildman–Crippen LogP) is 5.64. The van der Waals surface area contributed by atoms with Crippen LogP contribution in [-0.2, 0) is 11.3 Å². The number of hydrogen-bond acceptors (Lipinski definition) is 7. The van der Waals surface area contributed by atoms with Crippen molar-refractivity contribution in [3.8, 4) is 0 Å². The summed E-state index contributed by atoms with van der Waals surface area (Å²) in [7, 11) is 0. The second kappa shape index (κ2) is 8.40. The first-order valence-corrected chi connectivity index (χ1v) is 9.24. The number of nitrogens with zero attached hydrogens (tertiary/aromatic N) is 3. The van der Waals surface area contributed by atoms with E-state index < -0.39 is 11.7 Å². The molecule has 0 aliphatic rings. The van der Waals surface area contributed by atoms with Gasteiger partial charge in [-0.1, -0.05) is 23.7 Å². The number of nitroso groups, excluding NO2 is 1. The van der Waals surface area contributed by atoms with Gasteiger partial charge in [0.1, 0.15) is 10.8 Å². The third-order valence-corrected chi connectivity index (χ3v) is 4.01. The number of aromatic nitrogens is 2. The lowest BCUT2D eigenvalue weighted by Crippen LogP contribution is -2.27. The summed E-state index contributed by atoms with van der Waals surface area (Å²) in [5, 5.41) is 9.63. The van der Waals surface area contributed by atoms with Gasteiger partial charge in [0.25, 0.3) is 0 Å². The summed E-state index contributed by atoms with van der Waals surface area (Å²) < 4.78 is 5.21. The Hall–Kier alpha value is -3.26. The summed E-state index contributed by atoms with van der Waals surface area (Å²) >= 11 is 6.06. The smallest absolute Gasteiger partial charge is 0.412 e. The topological polar surface area (TPSA) is 106 Å². The molecule has 0 aliphatic heterocycles. The summed E-state index contributed by atoms with van der Waals surface area (Å²) in [6, 6.07) is 11.0. The highest BCUT2D eigenvalue weighted by Crippen LogP contribution is 2.35. The molecule has 0 spiro atoms. The van der Waals surface area contributed by atoms with Crippen molar-refractivity contribution in [2.75, 3.05) is 10.6 Å². The summed E-state index contributed by atoms with van der Waals surface area (Å²) in [5.41, 5.74) is 1.19. The van der Waals surface area contributed by atoms with Crippen LogP contribution in [0.5, 0.6) is 0 Å². The Labute approximate surface area is 172 Å². The fourth-order valence-corrected chi connectivity index (χ4v) is 2.85. The van der Waals surface area contributed by atoms with Crippen LogP contribution in [0.3, 0.4) is 0 Å². The first kappa shape index (κ1) is 20.5. The van der Waals surface area contributed by atoms with E-state index in [0.29, 0.717) is 6.54 Å². The van der Waals surface area contributed by atoms with Gasteiger partial charge in [-0.25, -0.2) is 9.78 Å². The number of carbonyl (C=O) groups excluding carboxylic acids is 1. The van der Waals surface area contributed by atoms with Gasteiger partial charge in [0.15, 0.2) is 11.5 Å². The zero-order chi connectivity index (χ0) is 21.0. The van der Waals surface area contributed by atoms with Gasteiger partial charge in [0.05, 0.1) is 11.2 Å². The third kappa shape index (κ3) is 5.39. The minimum Gasteiger partial charge on any atom is -0.444 e. The van der Waals surface area contributed by atoms with E-state index in [2.05, 4.69) is 25.8 Å². The molecule has 0 fully saturated rings.